The fourth-order valence-corrected chi connectivity index (χ4v) is 4.56. The Kier molecular flexibility index (Phi) is 6.33. The maximum Gasteiger partial charge on any atom is 0.276 e. The fourth-order valence-electron chi connectivity index (χ4n) is 3.88. The van der Waals surface area contributed by atoms with E-state index in [1.54, 1.807) is 11.3 Å². The van der Waals surface area contributed by atoms with Crippen LogP contribution in [-0.2, 0) is 6.54 Å². The Hall–Kier alpha value is -2.78. The van der Waals surface area contributed by atoms with Crippen molar-refractivity contribution in [1.82, 2.24) is 24.9 Å². The minimum atomic E-state index is -0.0639. The van der Waals surface area contributed by atoms with Crippen molar-refractivity contribution in [2.75, 3.05) is 32.5 Å². The molecule has 1 atom stereocenters. The number of aromatic nitrogens is 3. The molecule has 9 heteroatoms. The number of hydrogen-bond donors (Lipinski definition) is 1. The number of nitrogens with one attached hydrogen (secondary N) is 1. The average molecular weight is 441 g/mol. The third kappa shape index (κ3) is 4.94. The highest BCUT2D eigenvalue weighted by Gasteiger charge is 2.30. The molecule has 3 aromatic heterocycles. The molecule has 1 aliphatic rings. The van der Waals surface area contributed by atoms with Gasteiger partial charge in [0.15, 0.2) is 10.8 Å². The van der Waals surface area contributed by atoms with E-state index in [0.29, 0.717) is 24.5 Å². The van der Waals surface area contributed by atoms with Crippen molar-refractivity contribution in [3.8, 4) is 0 Å². The van der Waals surface area contributed by atoms with Crippen LogP contribution in [-0.4, -0.2) is 58.0 Å². The first-order valence-corrected chi connectivity index (χ1v) is 11.3. The van der Waals surface area contributed by atoms with E-state index in [1.165, 1.54) is 0 Å². The van der Waals surface area contributed by atoms with Crippen molar-refractivity contribution >= 4 is 28.2 Å². The highest BCUT2D eigenvalue weighted by Crippen LogP contribution is 2.29. The van der Waals surface area contributed by atoms with Gasteiger partial charge in [-0.2, -0.15) is 0 Å². The van der Waals surface area contributed by atoms with Crippen LogP contribution in [0.4, 0.5) is 10.9 Å². The van der Waals surface area contributed by atoms with Gasteiger partial charge in [0.2, 0.25) is 0 Å². The predicted octanol–water partition coefficient (Wildman–Crippen LogP) is 3.97. The van der Waals surface area contributed by atoms with E-state index in [9.17, 15) is 4.79 Å². The van der Waals surface area contributed by atoms with E-state index < -0.39 is 0 Å². The molecule has 164 valence electrons. The lowest BCUT2D eigenvalue weighted by Crippen LogP contribution is -2.40. The molecule has 0 bridgehead atoms. The third-order valence-corrected chi connectivity index (χ3v) is 6.24. The number of carbonyl (C=O) groups excluding carboxylic acids is 1. The minimum absolute atomic E-state index is 0.0639. The summed E-state index contributed by atoms with van der Waals surface area (Å²) < 4.78 is 5.34. The Morgan fingerprint density at radius 3 is 2.94 bits per heavy atom. The summed E-state index contributed by atoms with van der Waals surface area (Å²) in [4.78, 5) is 27.5. The zero-order chi connectivity index (χ0) is 22.0. The van der Waals surface area contributed by atoms with Gasteiger partial charge in [-0.3, -0.25) is 4.79 Å². The number of likely N-dealkylation sites (tertiary alicyclic amines) is 1. The summed E-state index contributed by atoms with van der Waals surface area (Å²) in [7, 11) is 3.94. The summed E-state index contributed by atoms with van der Waals surface area (Å²) in [5.74, 6) is 1.59. The van der Waals surface area contributed by atoms with Crippen LogP contribution in [0.5, 0.6) is 0 Å². The maximum atomic E-state index is 13.2. The van der Waals surface area contributed by atoms with Crippen LogP contribution in [0.1, 0.15) is 51.1 Å². The smallest absolute Gasteiger partial charge is 0.276 e. The first kappa shape index (κ1) is 21.5. The summed E-state index contributed by atoms with van der Waals surface area (Å²) in [6.07, 6.45) is 3.78. The van der Waals surface area contributed by atoms with Gasteiger partial charge in [-0.1, -0.05) is 11.2 Å². The number of anilines is 2. The molecule has 0 aromatic carbocycles. The van der Waals surface area contributed by atoms with Crippen molar-refractivity contribution in [3.05, 3.63) is 52.0 Å². The van der Waals surface area contributed by atoms with Crippen LogP contribution in [0, 0.1) is 13.8 Å². The topological polar surface area (TPSA) is 87.4 Å². The molecule has 1 unspecified atom stereocenters. The fraction of sp³-hybridized carbons (Fsp3) is 0.455. The monoisotopic (exact) mass is 440 g/mol. The molecule has 0 radical (unpaired) electrons. The van der Waals surface area contributed by atoms with E-state index in [4.69, 9.17) is 9.51 Å². The number of hydrogen-bond acceptors (Lipinski definition) is 8. The molecule has 1 fully saturated rings. The number of piperidine rings is 1. The van der Waals surface area contributed by atoms with Crippen molar-refractivity contribution in [1.29, 1.82) is 0 Å². The zero-order valence-corrected chi connectivity index (χ0v) is 19.2. The molecule has 4 heterocycles. The van der Waals surface area contributed by atoms with Gasteiger partial charge < -0.3 is 19.6 Å². The number of amides is 1. The van der Waals surface area contributed by atoms with E-state index >= 15 is 0 Å². The first-order chi connectivity index (χ1) is 14.9. The standard InChI is InChI=1S/C22H28N6O2S/c1-14-11-23-22(31-14)25-19-9-5-8-18(24-19)16-7-6-10-28(12-16)21(29)20-17(13-27(3)4)15(2)30-26-20/h5,8-9,11,16H,6-7,10,12-13H2,1-4H3,(H,23,24,25). The Morgan fingerprint density at radius 1 is 1.35 bits per heavy atom. The Morgan fingerprint density at radius 2 is 2.19 bits per heavy atom. The number of carbonyl (C=O) groups is 1. The van der Waals surface area contributed by atoms with Gasteiger partial charge in [0.05, 0.1) is 0 Å². The van der Waals surface area contributed by atoms with Crippen LogP contribution in [0.2, 0.25) is 0 Å². The molecule has 0 saturated carbocycles. The van der Waals surface area contributed by atoms with E-state index in [0.717, 1.165) is 46.5 Å². The lowest BCUT2D eigenvalue weighted by molar-refractivity contribution is 0.0694. The average Bonchev–Trinajstić information content (AvgIpc) is 3.33. The van der Waals surface area contributed by atoms with Crippen LogP contribution in [0.25, 0.3) is 0 Å². The van der Waals surface area contributed by atoms with Gasteiger partial charge >= 0.3 is 0 Å². The van der Waals surface area contributed by atoms with Crippen molar-refractivity contribution < 1.29 is 9.32 Å². The Labute approximate surface area is 186 Å². The maximum absolute atomic E-state index is 13.2. The van der Waals surface area contributed by atoms with Gasteiger partial charge in [0.25, 0.3) is 5.91 Å². The second kappa shape index (κ2) is 9.15. The lowest BCUT2D eigenvalue weighted by atomic mass is 9.94. The first-order valence-electron chi connectivity index (χ1n) is 10.5. The van der Waals surface area contributed by atoms with Gasteiger partial charge in [0, 0.05) is 47.9 Å². The second-order valence-corrected chi connectivity index (χ2v) is 9.48. The molecule has 8 nitrogen and oxygen atoms in total. The van der Waals surface area contributed by atoms with Crippen LogP contribution < -0.4 is 5.32 Å². The van der Waals surface area contributed by atoms with Gasteiger partial charge in [0.1, 0.15) is 11.6 Å². The molecule has 4 rings (SSSR count). The summed E-state index contributed by atoms with van der Waals surface area (Å²) >= 11 is 1.60. The normalized spacial score (nSPS) is 16.7. The van der Waals surface area contributed by atoms with Crippen molar-refractivity contribution in [2.45, 2.75) is 39.2 Å². The third-order valence-electron chi connectivity index (χ3n) is 5.42. The number of rotatable bonds is 6. The zero-order valence-electron chi connectivity index (χ0n) is 18.4. The molecule has 1 saturated heterocycles. The van der Waals surface area contributed by atoms with Crippen LogP contribution in [0.15, 0.2) is 28.9 Å². The number of thiazole rings is 1. The summed E-state index contributed by atoms with van der Waals surface area (Å²) in [5, 5.41) is 8.19. The second-order valence-electron chi connectivity index (χ2n) is 8.24. The highest BCUT2D eigenvalue weighted by atomic mass is 32.1. The molecular weight excluding hydrogens is 412 g/mol. The van der Waals surface area contributed by atoms with Crippen molar-refractivity contribution in [2.24, 2.45) is 0 Å². The Balaban J connectivity index is 1.49. The van der Waals surface area contributed by atoms with Crippen molar-refractivity contribution in [3.63, 3.8) is 0 Å². The molecule has 0 spiro atoms. The van der Waals surface area contributed by atoms with Gasteiger partial charge in [-0.25, -0.2) is 9.97 Å². The summed E-state index contributed by atoms with van der Waals surface area (Å²) in [6.45, 7) is 5.85. The molecule has 3 aromatic rings. The molecule has 31 heavy (non-hydrogen) atoms. The Bertz CT molecular complexity index is 1060. The molecular formula is C22H28N6O2S. The predicted molar refractivity (Wildman–Crippen MR) is 121 cm³/mol. The molecule has 1 aliphatic heterocycles. The summed E-state index contributed by atoms with van der Waals surface area (Å²) in [6, 6.07) is 5.98. The molecule has 0 aliphatic carbocycles. The van der Waals surface area contributed by atoms with E-state index in [1.807, 2.05) is 62.1 Å². The van der Waals surface area contributed by atoms with Crippen LogP contribution in [0.3, 0.4) is 0 Å². The van der Waals surface area contributed by atoms with Crippen LogP contribution >= 0.6 is 11.3 Å². The van der Waals surface area contributed by atoms with E-state index in [2.05, 4.69) is 15.5 Å². The highest BCUT2D eigenvalue weighted by molar-refractivity contribution is 7.15. The molecule has 1 N–H and O–H groups in total. The number of nitrogens with zero attached hydrogens (tertiary/aromatic N) is 5. The molecule has 1 amide bonds. The van der Waals surface area contributed by atoms with Gasteiger partial charge in [-0.05, 0) is 52.9 Å². The largest absolute Gasteiger partial charge is 0.361 e. The summed E-state index contributed by atoms with van der Waals surface area (Å²) in [5.41, 5.74) is 2.27. The van der Waals surface area contributed by atoms with E-state index in [-0.39, 0.29) is 11.8 Å². The van der Waals surface area contributed by atoms with Gasteiger partial charge in [-0.15, -0.1) is 11.3 Å². The lowest BCUT2D eigenvalue weighted by Gasteiger charge is -2.32. The number of pyridine rings is 1. The minimum Gasteiger partial charge on any atom is -0.361 e. The number of aryl methyl sites for hydroxylation is 2. The SMILES string of the molecule is Cc1cnc(Nc2cccc(C3CCCN(C(=O)c4noc(C)c4CN(C)C)C3)n2)s1. The quantitative estimate of drug-likeness (QED) is 0.620.